The van der Waals surface area contributed by atoms with Crippen molar-refractivity contribution in [1.29, 1.82) is 0 Å². The third-order valence-electron chi connectivity index (χ3n) is 6.44. The fraction of sp³-hybridized carbons (Fsp3) is 1.00. The molecule has 0 spiro atoms. The minimum atomic E-state index is 0.748. The van der Waals surface area contributed by atoms with Crippen LogP contribution < -0.4 is 5.32 Å². The number of hydrogen-bond donors (Lipinski definition) is 1. The summed E-state index contributed by atoms with van der Waals surface area (Å²) >= 11 is 0. The summed E-state index contributed by atoms with van der Waals surface area (Å²) in [7, 11) is 0. The lowest BCUT2D eigenvalue weighted by molar-refractivity contribution is 0.0369. The Bertz CT molecular complexity index is 281. The molecule has 2 rings (SSSR count). The van der Waals surface area contributed by atoms with Crippen molar-refractivity contribution in [3.05, 3.63) is 0 Å². The van der Waals surface area contributed by atoms with Crippen LogP contribution in [0.3, 0.4) is 0 Å². The van der Waals surface area contributed by atoms with Crippen LogP contribution in [0.15, 0.2) is 0 Å². The standard InChI is InChI=1S/C19H38N2/c1-5-16(6-2)15(4)21-14-19(20-13-18(21)7-3)17-11-9-8-10-12-17/h15-20H,5-14H2,1-4H3. The maximum Gasteiger partial charge on any atom is 0.0224 e. The molecular weight excluding hydrogens is 256 g/mol. The van der Waals surface area contributed by atoms with E-state index in [9.17, 15) is 0 Å². The summed E-state index contributed by atoms with van der Waals surface area (Å²) in [6.45, 7) is 12.1. The van der Waals surface area contributed by atoms with Crippen molar-refractivity contribution in [2.45, 2.75) is 97.2 Å². The van der Waals surface area contributed by atoms with Gasteiger partial charge in [0.25, 0.3) is 0 Å². The maximum absolute atomic E-state index is 3.91. The molecule has 0 aromatic carbocycles. The van der Waals surface area contributed by atoms with Gasteiger partial charge in [-0.2, -0.15) is 0 Å². The van der Waals surface area contributed by atoms with Gasteiger partial charge in [-0.15, -0.1) is 0 Å². The molecule has 2 aliphatic rings. The van der Waals surface area contributed by atoms with Crippen LogP contribution in [0.4, 0.5) is 0 Å². The van der Waals surface area contributed by atoms with Crippen LogP contribution in [0.2, 0.25) is 0 Å². The fourth-order valence-electron chi connectivity index (χ4n) is 4.82. The van der Waals surface area contributed by atoms with E-state index in [0.29, 0.717) is 0 Å². The Morgan fingerprint density at radius 1 is 1.05 bits per heavy atom. The van der Waals surface area contributed by atoms with Crippen molar-refractivity contribution in [3.63, 3.8) is 0 Å². The second kappa shape index (κ2) is 8.53. The van der Waals surface area contributed by atoms with Crippen LogP contribution in [0, 0.1) is 11.8 Å². The second-order valence-corrected chi connectivity index (χ2v) is 7.49. The molecular formula is C19H38N2. The van der Waals surface area contributed by atoms with Gasteiger partial charge in [0.2, 0.25) is 0 Å². The first-order valence-corrected chi connectivity index (χ1v) is 9.70. The molecule has 1 saturated carbocycles. The second-order valence-electron chi connectivity index (χ2n) is 7.49. The Balaban J connectivity index is 2.00. The molecule has 0 aromatic heterocycles. The van der Waals surface area contributed by atoms with E-state index in [4.69, 9.17) is 0 Å². The summed E-state index contributed by atoms with van der Waals surface area (Å²) in [5.74, 6) is 1.80. The number of piperazine rings is 1. The van der Waals surface area contributed by atoms with Crippen LogP contribution >= 0.6 is 0 Å². The first kappa shape index (κ1) is 17.3. The van der Waals surface area contributed by atoms with E-state index in [1.807, 2.05) is 0 Å². The van der Waals surface area contributed by atoms with E-state index in [2.05, 4.69) is 37.9 Å². The summed E-state index contributed by atoms with van der Waals surface area (Å²) < 4.78 is 0. The first-order chi connectivity index (χ1) is 10.2. The molecule has 124 valence electrons. The molecule has 2 fully saturated rings. The molecule has 0 bridgehead atoms. The van der Waals surface area contributed by atoms with Gasteiger partial charge < -0.3 is 5.32 Å². The predicted molar refractivity (Wildman–Crippen MR) is 92.7 cm³/mol. The van der Waals surface area contributed by atoms with E-state index in [0.717, 1.165) is 30.0 Å². The zero-order chi connectivity index (χ0) is 15.2. The predicted octanol–water partition coefficient (Wildman–Crippen LogP) is 4.44. The third kappa shape index (κ3) is 4.22. The van der Waals surface area contributed by atoms with E-state index >= 15 is 0 Å². The highest BCUT2D eigenvalue weighted by Gasteiger charge is 2.35. The Morgan fingerprint density at radius 3 is 2.29 bits per heavy atom. The Morgan fingerprint density at radius 2 is 1.71 bits per heavy atom. The van der Waals surface area contributed by atoms with Crippen molar-refractivity contribution in [1.82, 2.24) is 10.2 Å². The average Bonchev–Trinajstić information content (AvgIpc) is 2.56. The highest BCUT2D eigenvalue weighted by molar-refractivity contribution is 4.93. The van der Waals surface area contributed by atoms with Crippen LogP contribution in [-0.4, -0.2) is 36.1 Å². The Hall–Kier alpha value is -0.0800. The molecule has 21 heavy (non-hydrogen) atoms. The van der Waals surface area contributed by atoms with Crippen molar-refractivity contribution in [3.8, 4) is 0 Å². The molecule has 3 unspecified atom stereocenters. The van der Waals surface area contributed by atoms with Crippen LogP contribution in [0.25, 0.3) is 0 Å². The molecule has 1 aliphatic carbocycles. The fourth-order valence-corrected chi connectivity index (χ4v) is 4.82. The monoisotopic (exact) mass is 294 g/mol. The number of nitrogens with one attached hydrogen (secondary N) is 1. The normalized spacial score (nSPS) is 30.7. The molecule has 1 aliphatic heterocycles. The minimum absolute atomic E-state index is 0.748. The first-order valence-electron chi connectivity index (χ1n) is 9.70. The molecule has 3 atom stereocenters. The van der Waals surface area contributed by atoms with Crippen LogP contribution in [0.1, 0.15) is 79.1 Å². The molecule has 0 amide bonds. The van der Waals surface area contributed by atoms with Gasteiger partial charge in [-0.25, -0.2) is 0 Å². The van der Waals surface area contributed by atoms with E-state index < -0.39 is 0 Å². The summed E-state index contributed by atoms with van der Waals surface area (Å²) in [4.78, 5) is 2.87. The average molecular weight is 295 g/mol. The topological polar surface area (TPSA) is 15.3 Å². The van der Waals surface area contributed by atoms with E-state index in [1.165, 1.54) is 64.5 Å². The van der Waals surface area contributed by atoms with Gasteiger partial charge in [-0.05, 0) is 38.0 Å². The van der Waals surface area contributed by atoms with E-state index in [-0.39, 0.29) is 0 Å². The summed E-state index contributed by atoms with van der Waals surface area (Å²) in [5.41, 5.74) is 0. The van der Waals surface area contributed by atoms with Gasteiger partial charge in [0, 0.05) is 31.2 Å². The Kier molecular flexibility index (Phi) is 7.01. The number of hydrogen-bond acceptors (Lipinski definition) is 2. The largest absolute Gasteiger partial charge is 0.311 e. The highest BCUT2D eigenvalue weighted by Crippen LogP contribution is 2.31. The van der Waals surface area contributed by atoms with Gasteiger partial charge >= 0.3 is 0 Å². The van der Waals surface area contributed by atoms with E-state index in [1.54, 1.807) is 0 Å². The molecule has 2 nitrogen and oxygen atoms in total. The van der Waals surface area contributed by atoms with Gasteiger partial charge in [0.1, 0.15) is 0 Å². The molecule has 1 saturated heterocycles. The molecule has 0 aromatic rings. The summed E-state index contributed by atoms with van der Waals surface area (Å²) in [5, 5.41) is 3.91. The lowest BCUT2D eigenvalue weighted by Crippen LogP contribution is -2.61. The quantitative estimate of drug-likeness (QED) is 0.779. The van der Waals surface area contributed by atoms with Crippen LogP contribution in [0.5, 0.6) is 0 Å². The Labute approximate surface area is 133 Å². The number of nitrogens with zero attached hydrogens (tertiary/aromatic N) is 1. The van der Waals surface area contributed by atoms with Crippen molar-refractivity contribution < 1.29 is 0 Å². The zero-order valence-electron chi connectivity index (χ0n) is 14.9. The number of rotatable bonds is 6. The van der Waals surface area contributed by atoms with Gasteiger partial charge in [-0.3, -0.25) is 4.90 Å². The van der Waals surface area contributed by atoms with Crippen molar-refractivity contribution in [2.24, 2.45) is 11.8 Å². The van der Waals surface area contributed by atoms with Gasteiger partial charge in [0.15, 0.2) is 0 Å². The summed E-state index contributed by atoms with van der Waals surface area (Å²) in [6.07, 6.45) is 11.2. The minimum Gasteiger partial charge on any atom is -0.311 e. The van der Waals surface area contributed by atoms with Crippen molar-refractivity contribution >= 4 is 0 Å². The molecule has 1 heterocycles. The third-order valence-corrected chi connectivity index (χ3v) is 6.44. The van der Waals surface area contributed by atoms with Gasteiger partial charge in [-0.1, -0.05) is 52.9 Å². The van der Waals surface area contributed by atoms with Crippen LogP contribution in [-0.2, 0) is 0 Å². The SMILES string of the molecule is CCC(CC)C(C)N1CC(C2CCCCC2)NCC1CC. The lowest BCUT2D eigenvalue weighted by atomic mass is 9.81. The molecule has 2 heteroatoms. The smallest absolute Gasteiger partial charge is 0.0224 e. The highest BCUT2D eigenvalue weighted by atomic mass is 15.3. The van der Waals surface area contributed by atoms with Gasteiger partial charge in [0.05, 0.1) is 0 Å². The maximum atomic E-state index is 3.91. The lowest BCUT2D eigenvalue weighted by Gasteiger charge is -2.48. The summed E-state index contributed by atoms with van der Waals surface area (Å²) in [6, 6.07) is 2.25. The molecule has 0 radical (unpaired) electrons. The van der Waals surface area contributed by atoms with Crippen molar-refractivity contribution in [2.75, 3.05) is 13.1 Å². The zero-order valence-corrected chi connectivity index (χ0v) is 14.9. The molecule has 1 N–H and O–H groups in total.